The van der Waals surface area contributed by atoms with Crippen molar-refractivity contribution in [1.82, 2.24) is 19.7 Å². The molecule has 7 nitrogen and oxygen atoms in total. The van der Waals surface area contributed by atoms with E-state index < -0.39 is 0 Å². The SMILES string of the molecule is CCn1c(SCc2cccc(C(=O)N3CCOCC3)c2)nnc1-c1cccc(OC)c1. The van der Waals surface area contributed by atoms with Gasteiger partial charge >= 0.3 is 0 Å². The van der Waals surface area contributed by atoms with Crippen molar-refractivity contribution < 1.29 is 14.3 Å². The third-order valence-electron chi connectivity index (χ3n) is 5.20. The van der Waals surface area contributed by atoms with Crippen LogP contribution < -0.4 is 4.74 Å². The highest BCUT2D eigenvalue weighted by Crippen LogP contribution is 2.28. The summed E-state index contributed by atoms with van der Waals surface area (Å²) >= 11 is 1.62. The summed E-state index contributed by atoms with van der Waals surface area (Å²) in [5.74, 6) is 2.38. The molecule has 0 saturated carbocycles. The number of ether oxygens (including phenoxy) is 2. The van der Waals surface area contributed by atoms with Gasteiger partial charge in [-0.05, 0) is 36.8 Å². The van der Waals surface area contributed by atoms with Gasteiger partial charge in [-0.3, -0.25) is 4.79 Å². The smallest absolute Gasteiger partial charge is 0.254 e. The second kappa shape index (κ2) is 9.98. The Bertz CT molecular complexity index is 1050. The molecular formula is C23H26N4O3S. The molecule has 1 aliphatic heterocycles. The number of hydrogen-bond acceptors (Lipinski definition) is 6. The molecule has 1 amide bonds. The zero-order valence-electron chi connectivity index (χ0n) is 17.8. The van der Waals surface area contributed by atoms with Gasteiger partial charge in [0.15, 0.2) is 11.0 Å². The highest BCUT2D eigenvalue weighted by atomic mass is 32.2. The first-order chi connectivity index (χ1) is 15.2. The Labute approximate surface area is 186 Å². The molecule has 0 radical (unpaired) electrons. The van der Waals surface area contributed by atoms with Crippen LogP contribution in [0.15, 0.2) is 53.7 Å². The molecule has 0 N–H and O–H groups in total. The van der Waals surface area contributed by atoms with Crippen molar-refractivity contribution in [2.24, 2.45) is 0 Å². The normalized spacial score (nSPS) is 13.9. The number of methoxy groups -OCH3 is 1. The lowest BCUT2D eigenvalue weighted by molar-refractivity contribution is 0.0303. The van der Waals surface area contributed by atoms with E-state index in [9.17, 15) is 4.79 Å². The maximum Gasteiger partial charge on any atom is 0.254 e. The average Bonchev–Trinajstić information content (AvgIpc) is 3.26. The Balaban J connectivity index is 1.48. The molecule has 2 heterocycles. The summed E-state index contributed by atoms with van der Waals surface area (Å²) in [5.41, 5.74) is 2.77. The van der Waals surface area contributed by atoms with E-state index in [1.54, 1.807) is 18.9 Å². The lowest BCUT2D eigenvalue weighted by Crippen LogP contribution is -2.40. The van der Waals surface area contributed by atoms with Crippen LogP contribution in [0, 0.1) is 0 Å². The van der Waals surface area contributed by atoms with E-state index in [2.05, 4.69) is 21.7 Å². The van der Waals surface area contributed by atoms with Gasteiger partial charge in [-0.2, -0.15) is 0 Å². The number of nitrogens with zero attached hydrogens (tertiary/aromatic N) is 4. The van der Waals surface area contributed by atoms with Gasteiger partial charge in [-0.15, -0.1) is 10.2 Å². The van der Waals surface area contributed by atoms with Crippen molar-refractivity contribution in [3.05, 3.63) is 59.7 Å². The molecule has 31 heavy (non-hydrogen) atoms. The van der Waals surface area contributed by atoms with Gasteiger partial charge in [0.1, 0.15) is 5.75 Å². The van der Waals surface area contributed by atoms with Gasteiger partial charge in [0, 0.05) is 36.5 Å². The third kappa shape index (κ3) is 4.91. The minimum atomic E-state index is 0.0622. The van der Waals surface area contributed by atoms with Crippen molar-refractivity contribution in [1.29, 1.82) is 0 Å². The number of hydrogen-bond donors (Lipinski definition) is 0. The van der Waals surface area contributed by atoms with Crippen LogP contribution in [-0.2, 0) is 17.0 Å². The number of carbonyl (C=O) groups is 1. The maximum atomic E-state index is 12.8. The first kappa shape index (κ1) is 21.4. The van der Waals surface area contributed by atoms with Crippen molar-refractivity contribution in [3.63, 3.8) is 0 Å². The average molecular weight is 439 g/mol. The summed E-state index contributed by atoms with van der Waals surface area (Å²) in [6, 6.07) is 15.7. The van der Waals surface area contributed by atoms with E-state index in [4.69, 9.17) is 9.47 Å². The van der Waals surface area contributed by atoms with Gasteiger partial charge in [-0.1, -0.05) is 36.0 Å². The fourth-order valence-electron chi connectivity index (χ4n) is 3.55. The third-order valence-corrected chi connectivity index (χ3v) is 6.24. The van der Waals surface area contributed by atoms with Crippen LogP contribution in [0.2, 0.25) is 0 Å². The lowest BCUT2D eigenvalue weighted by Gasteiger charge is -2.27. The molecule has 8 heteroatoms. The van der Waals surface area contributed by atoms with E-state index >= 15 is 0 Å². The number of carbonyl (C=O) groups excluding carboxylic acids is 1. The van der Waals surface area contributed by atoms with E-state index in [1.165, 1.54) is 0 Å². The van der Waals surface area contributed by atoms with Gasteiger partial charge in [0.25, 0.3) is 5.91 Å². The first-order valence-corrected chi connectivity index (χ1v) is 11.3. The zero-order chi connectivity index (χ0) is 21.6. The number of benzene rings is 2. The van der Waals surface area contributed by atoms with E-state index in [0.29, 0.717) is 37.6 Å². The quantitative estimate of drug-likeness (QED) is 0.524. The van der Waals surface area contributed by atoms with E-state index in [1.807, 2.05) is 53.4 Å². The minimum Gasteiger partial charge on any atom is -0.497 e. The van der Waals surface area contributed by atoms with Gasteiger partial charge < -0.3 is 18.9 Å². The van der Waals surface area contributed by atoms with Gasteiger partial charge in [0.2, 0.25) is 0 Å². The molecular weight excluding hydrogens is 412 g/mol. The van der Waals surface area contributed by atoms with E-state index in [-0.39, 0.29) is 5.91 Å². The summed E-state index contributed by atoms with van der Waals surface area (Å²) in [4.78, 5) is 14.6. The van der Waals surface area contributed by atoms with Crippen molar-refractivity contribution in [2.45, 2.75) is 24.4 Å². The van der Waals surface area contributed by atoms with Crippen molar-refractivity contribution >= 4 is 17.7 Å². The summed E-state index contributed by atoms with van der Waals surface area (Å²) < 4.78 is 12.8. The number of rotatable bonds is 7. The van der Waals surface area contributed by atoms with Gasteiger partial charge in [0.05, 0.1) is 20.3 Å². The van der Waals surface area contributed by atoms with Crippen LogP contribution in [-0.4, -0.2) is 59.0 Å². The molecule has 0 spiro atoms. The fourth-order valence-corrected chi connectivity index (χ4v) is 4.49. The number of amides is 1. The summed E-state index contributed by atoms with van der Waals surface area (Å²) in [7, 11) is 1.66. The van der Waals surface area contributed by atoms with Crippen LogP contribution in [0.3, 0.4) is 0 Å². The Morgan fingerprint density at radius 3 is 2.71 bits per heavy atom. The minimum absolute atomic E-state index is 0.0622. The summed E-state index contributed by atoms with van der Waals surface area (Å²) in [6.45, 7) is 5.33. The summed E-state index contributed by atoms with van der Waals surface area (Å²) in [5, 5.41) is 9.68. The predicted octanol–water partition coefficient (Wildman–Crippen LogP) is 3.74. The molecule has 0 atom stereocenters. The van der Waals surface area contributed by atoms with Crippen LogP contribution >= 0.6 is 11.8 Å². The zero-order valence-corrected chi connectivity index (χ0v) is 18.6. The molecule has 4 rings (SSSR count). The summed E-state index contributed by atoms with van der Waals surface area (Å²) in [6.07, 6.45) is 0. The number of morpholine rings is 1. The van der Waals surface area contributed by atoms with Crippen LogP contribution in [0.5, 0.6) is 5.75 Å². The molecule has 1 saturated heterocycles. The fraction of sp³-hybridized carbons (Fsp3) is 0.348. The second-order valence-electron chi connectivity index (χ2n) is 7.18. The predicted molar refractivity (Wildman–Crippen MR) is 120 cm³/mol. The Kier molecular flexibility index (Phi) is 6.89. The highest BCUT2D eigenvalue weighted by molar-refractivity contribution is 7.98. The molecule has 162 valence electrons. The first-order valence-electron chi connectivity index (χ1n) is 10.4. The Morgan fingerprint density at radius 1 is 1.13 bits per heavy atom. The van der Waals surface area contributed by atoms with E-state index in [0.717, 1.165) is 34.4 Å². The van der Waals surface area contributed by atoms with Gasteiger partial charge in [-0.25, -0.2) is 0 Å². The lowest BCUT2D eigenvalue weighted by atomic mass is 10.1. The van der Waals surface area contributed by atoms with Crippen molar-refractivity contribution in [3.8, 4) is 17.1 Å². The largest absolute Gasteiger partial charge is 0.497 e. The topological polar surface area (TPSA) is 69.5 Å². The molecule has 1 fully saturated rings. The molecule has 3 aromatic rings. The molecule has 0 aliphatic carbocycles. The van der Waals surface area contributed by atoms with Crippen LogP contribution in [0.25, 0.3) is 11.4 Å². The van der Waals surface area contributed by atoms with Crippen molar-refractivity contribution in [2.75, 3.05) is 33.4 Å². The van der Waals surface area contributed by atoms with Crippen LogP contribution in [0.1, 0.15) is 22.8 Å². The standard InChI is InChI=1S/C23H26N4O3S/c1-3-27-21(18-7-5-9-20(15-18)29-2)24-25-23(27)31-16-17-6-4-8-19(14-17)22(28)26-10-12-30-13-11-26/h4-9,14-15H,3,10-13,16H2,1-2H3. The molecule has 2 aromatic carbocycles. The number of thioether (sulfide) groups is 1. The van der Waals surface area contributed by atoms with Crippen LogP contribution in [0.4, 0.5) is 0 Å². The second-order valence-corrected chi connectivity index (χ2v) is 8.12. The molecule has 1 aromatic heterocycles. The monoisotopic (exact) mass is 438 g/mol. The number of aromatic nitrogens is 3. The molecule has 1 aliphatic rings. The Hall–Kier alpha value is -2.84. The Morgan fingerprint density at radius 2 is 1.94 bits per heavy atom. The maximum absolute atomic E-state index is 12.8. The highest BCUT2D eigenvalue weighted by Gasteiger charge is 2.19. The molecule has 0 unspecified atom stereocenters. The molecule has 0 bridgehead atoms.